The van der Waals surface area contributed by atoms with Gasteiger partial charge < -0.3 is 0 Å². The number of H-pyrrole nitrogens is 2. The number of Topliss-reactive ketones (excluding diaryl/α,β-unsaturated/α-hetero) is 2. The second-order valence-corrected chi connectivity index (χ2v) is 6.02. The van der Waals surface area contributed by atoms with E-state index in [9.17, 15) is 9.59 Å². The Morgan fingerprint density at radius 2 is 1.36 bits per heavy atom. The molecule has 0 amide bonds. The van der Waals surface area contributed by atoms with E-state index in [1.54, 1.807) is 0 Å². The second-order valence-electron chi connectivity index (χ2n) is 6.02. The third kappa shape index (κ3) is 6.48. The maximum Gasteiger partial charge on any atom is 0.185 e. The SMILES string of the molecule is CCCCC(=O)CCCC(=O)CCCC(c1nn[nH]n1)c1nn[nH]n1. The summed E-state index contributed by atoms with van der Waals surface area (Å²) in [5, 5.41) is 27.8. The van der Waals surface area contributed by atoms with Gasteiger partial charge in [-0.1, -0.05) is 23.8 Å². The van der Waals surface area contributed by atoms with Crippen molar-refractivity contribution in [2.75, 3.05) is 0 Å². The molecule has 0 saturated heterocycles. The zero-order chi connectivity index (χ0) is 17.9. The lowest BCUT2D eigenvalue weighted by molar-refractivity contribution is -0.120. The summed E-state index contributed by atoms with van der Waals surface area (Å²) >= 11 is 0. The van der Waals surface area contributed by atoms with Gasteiger partial charge in [0.25, 0.3) is 0 Å². The fourth-order valence-corrected chi connectivity index (χ4v) is 2.62. The van der Waals surface area contributed by atoms with Gasteiger partial charge in [0.2, 0.25) is 0 Å². The van der Waals surface area contributed by atoms with E-state index in [1.807, 2.05) is 0 Å². The number of carbonyl (C=O) groups excluding carboxylic acids is 2. The number of aromatic nitrogens is 8. The van der Waals surface area contributed by atoms with Gasteiger partial charge in [-0.3, -0.25) is 9.59 Å². The van der Waals surface area contributed by atoms with Gasteiger partial charge in [0, 0.05) is 25.7 Å². The van der Waals surface area contributed by atoms with Crippen LogP contribution in [0.25, 0.3) is 0 Å². The van der Waals surface area contributed by atoms with Crippen LogP contribution < -0.4 is 0 Å². The van der Waals surface area contributed by atoms with E-state index in [0.29, 0.717) is 56.6 Å². The first-order chi connectivity index (χ1) is 12.2. The standard InChI is InChI=1S/C15H24N8O2/c1-2-3-6-11(24)7-4-8-12(25)9-5-10-13(14-16-20-21-17-14)15-18-22-23-19-15/h13H,2-10H2,1H3,(H,16,17,20,21)(H,18,19,22,23). The minimum absolute atomic E-state index is 0.170. The Morgan fingerprint density at radius 1 is 0.840 bits per heavy atom. The largest absolute Gasteiger partial charge is 0.300 e. The van der Waals surface area contributed by atoms with Gasteiger partial charge in [0.15, 0.2) is 11.6 Å². The third-order valence-corrected chi connectivity index (χ3v) is 4.02. The number of hydrogen-bond donors (Lipinski definition) is 2. The van der Waals surface area contributed by atoms with Crippen molar-refractivity contribution in [2.45, 2.75) is 70.6 Å². The number of aromatic amines is 2. The number of nitrogens with zero attached hydrogens (tertiary/aromatic N) is 6. The van der Waals surface area contributed by atoms with Gasteiger partial charge in [-0.2, -0.15) is 10.4 Å². The smallest absolute Gasteiger partial charge is 0.185 e. The van der Waals surface area contributed by atoms with E-state index in [1.165, 1.54) is 0 Å². The van der Waals surface area contributed by atoms with Crippen LogP contribution in [0, 0.1) is 0 Å². The fraction of sp³-hybridized carbons (Fsp3) is 0.733. The highest BCUT2D eigenvalue weighted by molar-refractivity contribution is 5.81. The summed E-state index contributed by atoms with van der Waals surface area (Å²) in [6.45, 7) is 2.06. The van der Waals surface area contributed by atoms with Crippen molar-refractivity contribution in [2.24, 2.45) is 0 Å². The number of rotatable bonds is 13. The highest BCUT2D eigenvalue weighted by Crippen LogP contribution is 2.23. The molecule has 2 heterocycles. The molecule has 0 atom stereocenters. The Hall–Kier alpha value is -2.52. The maximum atomic E-state index is 12.0. The molecular formula is C15H24N8O2. The highest BCUT2D eigenvalue weighted by Gasteiger charge is 2.23. The Kier molecular flexibility index (Phi) is 7.80. The summed E-state index contributed by atoms with van der Waals surface area (Å²) in [7, 11) is 0. The first-order valence-corrected chi connectivity index (χ1v) is 8.70. The zero-order valence-corrected chi connectivity index (χ0v) is 14.4. The molecule has 10 nitrogen and oxygen atoms in total. The van der Waals surface area contributed by atoms with Crippen LogP contribution in [0.5, 0.6) is 0 Å². The summed E-state index contributed by atoms with van der Waals surface area (Å²) in [5.74, 6) is 1.14. The molecule has 0 radical (unpaired) electrons. The van der Waals surface area contributed by atoms with Crippen molar-refractivity contribution in [3.05, 3.63) is 11.6 Å². The third-order valence-electron chi connectivity index (χ3n) is 4.02. The molecule has 0 aliphatic rings. The lowest BCUT2D eigenvalue weighted by atomic mass is 9.98. The van der Waals surface area contributed by atoms with Crippen molar-refractivity contribution >= 4 is 11.6 Å². The normalized spacial score (nSPS) is 11.1. The summed E-state index contributed by atoms with van der Waals surface area (Å²) in [6, 6.07) is 0. The molecular weight excluding hydrogens is 324 g/mol. The number of hydrogen-bond acceptors (Lipinski definition) is 8. The average molecular weight is 348 g/mol. The van der Waals surface area contributed by atoms with Crippen LogP contribution in [0.2, 0.25) is 0 Å². The Labute approximate surface area is 145 Å². The minimum atomic E-state index is -0.249. The molecule has 136 valence electrons. The molecule has 0 unspecified atom stereocenters. The van der Waals surface area contributed by atoms with Gasteiger partial charge in [0.05, 0.1) is 5.92 Å². The van der Waals surface area contributed by atoms with Crippen LogP contribution in [-0.4, -0.2) is 52.8 Å². The first-order valence-electron chi connectivity index (χ1n) is 8.70. The summed E-state index contributed by atoms with van der Waals surface area (Å²) in [6.07, 6.45) is 5.91. The lowest BCUT2D eigenvalue weighted by Crippen LogP contribution is -2.08. The van der Waals surface area contributed by atoms with E-state index < -0.39 is 0 Å². The highest BCUT2D eigenvalue weighted by atomic mass is 16.1. The molecule has 0 spiro atoms. The van der Waals surface area contributed by atoms with Crippen molar-refractivity contribution in [1.29, 1.82) is 0 Å². The van der Waals surface area contributed by atoms with Crippen molar-refractivity contribution in [1.82, 2.24) is 41.2 Å². The number of unbranched alkanes of at least 4 members (excludes halogenated alkanes) is 1. The van der Waals surface area contributed by atoms with Gasteiger partial charge in [-0.05, 0) is 25.7 Å². The van der Waals surface area contributed by atoms with Crippen LogP contribution in [0.4, 0.5) is 0 Å². The summed E-state index contributed by atoms with van der Waals surface area (Å²) in [5.41, 5.74) is 0. The molecule has 2 aromatic rings. The Bertz CT molecular complexity index is 592. The van der Waals surface area contributed by atoms with E-state index >= 15 is 0 Å². The number of ketones is 2. The average Bonchev–Trinajstić information content (AvgIpc) is 3.30. The van der Waals surface area contributed by atoms with E-state index in [2.05, 4.69) is 48.2 Å². The molecule has 10 heteroatoms. The van der Waals surface area contributed by atoms with Crippen molar-refractivity contribution in [3.8, 4) is 0 Å². The van der Waals surface area contributed by atoms with Gasteiger partial charge in [-0.15, -0.1) is 20.4 Å². The molecule has 0 bridgehead atoms. The zero-order valence-electron chi connectivity index (χ0n) is 14.4. The van der Waals surface area contributed by atoms with Gasteiger partial charge in [-0.25, -0.2) is 0 Å². The topological polar surface area (TPSA) is 143 Å². The van der Waals surface area contributed by atoms with Crippen LogP contribution in [0.1, 0.15) is 82.3 Å². The van der Waals surface area contributed by atoms with E-state index in [4.69, 9.17) is 0 Å². The van der Waals surface area contributed by atoms with E-state index in [-0.39, 0.29) is 17.5 Å². The predicted octanol–water partition coefficient (Wildman–Crippen LogP) is 1.51. The van der Waals surface area contributed by atoms with Crippen molar-refractivity contribution < 1.29 is 9.59 Å². The molecule has 25 heavy (non-hydrogen) atoms. The Morgan fingerprint density at radius 3 is 1.84 bits per heavy atom. The van der Waals surface area contributed by atoms with Crippen LogP contribution in [-0.2, 0) is 9.59 Å². The molecule has 0 aromatic carbocycles. The van der Waals surface area contributed by atoms with E-state index in [0.717, 1.165) is 12.8 Å². The molecule has 2 N–H and O–H groups in total. The monoisotopic (exact) mass is 348 g/mol. The molecule has 0 saturated carbocycles. The molecule has 2 aromatic heterocycles. The maximum absolute atomic E-state index is 12.0. The Balaban J connectivity index is 1.69. The van der Waals surface area contributed by atoms with Crippen LogP contribution >= 0.6 is 0 Å². The van der Waals surface area contributed by atoms with Gasteiger partial charge in [0.1, 0.15) is 11.6 Å². The predicted molar refractivity (Wildman–Crippen MR) is 87.4 cm³/mol. The minimum Gasteiger partial charge on any atom is -0.300 e. The lowest BCUT2D eigenvalue weighted by Gasteiger charge is -2.08. The molecule has 0 aliphatic heterocycles. The number of tetrazole rings is 2. The quantitative estimate of drug-likeness (QED) is 0.554. The van der Waals surface area contributed by atoms with Gasteiger partial charge >= 0.3 is 0 Å². The first kappa shape index (κ1) is 18.8. The van der Waals surface area contributed by atoms with Crippen molar-refractivity contribution in [3.63, 3.8) is 0 Å². The fourth-order valence-electron chi connectivity index (χ4n) is 2.62. The molecule has 0 aliphatic carbocycles. The molecule has 2 rings (SSSR count). The summed E-state index contributed by atoms with van der Waals surface area (Å²) in [4.78, 5) is 23.6. The molecule has 0 fully saturated rings. The summed E-state index contributed by atoms with van der Waals surface area (Å²) < 4.78 is 0. The second kappa shape index (κ2) is 10.4. The number of nitrogens with one attached hydrogen (secondary N) is 2. The van der Waals surface area contributed by atoms with Crippen LogP contribution in [0.3, 0.4) is 0 Å². The van der Waals surface area contributed by atoms with Crippen LogP contribution in [0.15, 0.2) is 0 Å². The number of carbonyl (C=O) groups is 2.